The zero-order valence-electron chi connectivity index (χ0n) is 7.77. The van der Waals surface area contributed by atoms with Crippen LogP contribution in [0.5, 0.6) is 0 Å². The molecule has 0 aliphatic carbocycles. The van der Waals surface area contributed by atoms with Crippen LogP contribution in [-0.2, 0) is 9.84 Å². The molecule has 0 bridgehead atoms. The Morgan fingerprint density at radius 2 is 2.15 bits per heavy atom. The largest absolute Gasteiger partial charge is 0.395 e. The maximum Gasteiger partial charge on any atom is 0.150 e. The maximum atomic E-state index is 10.8. The van der Waals surface area contributed by atoms with Gasteiger partial charge in [0.05, 0.1) is 18.1 Å². The van der Waals surface area contributed by atoms with Crippen LogP contribution in [0.4, 0.5) is 0 Å². The van der Waals surface area contributed by atoms with Crippen LogP contribution in [0.3, 0.4) is 0 Å². The van der Waals surface area contributed by atoms with Gasteiger partial charge in [-0.05, 0) is 18.1 Å². The highest BCUT2D eigenvalue weighted by atomic mass is 32.2. The number of rotatable bonds is 5. The molecule has 0 spiro atoms. The molecule has 0 aromatic heterocycles. The van der Waals surface area contributed by atoms with Crippen LogP contribution in [0.25, 0.3) is 0 Å². The van der Waals surface area contributed by atoms with Gasteiger partial charge in [0.25, 0.3) is 0 Å². The monoisotopic (exact) mass is 224 g/mol. The summed E-state index contributed by atoms with van der Waals surface area (Å²) in [5.41, 5.74) is 0. The van der Waals surface area contributed by atoms with Gasteiger partial charge in [0.2, 0.25) is 0 Å². The fourth-order valence-corrected chi connectivity index (χ4v) is 3.97. The molecule has 1 fully saturated rings. The lowest BCUT2D eigenvalue weighted by Gasteiger charge is -2.25. The van der Waals surface area contributed by atoms with Gasteiger partial charge in [0, 0.05) is 5.25 Å². The second-order valence-corrected chi connectivity index (χ2v) is 7.30. The lowest BCUT2D eigenvalue weighted by atomic mass is 10.1. The van der Waals surface area contributed by atoms with Crippen molar-refractivity contribution in [2.75, 3.05) is 23.9 Å². The van der Waals surface area contributed by atoms with Crippen molar-refractivity contribution in [3.05, 3.63) is 0 Å². The Labute approximate surface area is 83.8 Å². The van der Waals surface area contributed by atoms with Crippen LogP contribution in [0.2, 0.25) is 0 Å². The maximum absolute atomic E-state index is 10.8. The number of hydrogen-bond donors (Lipinski definition) is 1. The van der Waals surface area contributed by atoms with Crippen LogP contribution >= 0.6 is 11.8 Å². The van der Waals surface area contributed by atoms with E-state index in [4.69, 9.17) is 5.11 Å². The highest BCUT2D eigenvalue weighted by molar-refractivity contribution is 7.99. The van der Waals surface area contributed by atoms with Crippen LogP contribution in [0.1, 0.15) is 13.3 Å². The summed E-state index contributed by atoms with van der Waals surface area (Å²) >= 11 is 1.71. The molecule has 1 atom stereocenters. The number of aliphatic hydroxyl groups is 1. The second-order valence-electron chi connectivity index (χ2n) is 3.60. The minimum atomic E-state index is -2.65. The smallest absolute Gasteiger partial charge is 0.150 e. The average Bonchev–Trinajstić information content (AvgIpc) is 2.00. The molecule has 0 aromatic rings. The van der Waals surface area contributed by atoms with E-state index >= 15 is 0 Å². The predicted octanol–water partition coefficient (Wildman–Crippen LogP) is 0.535. The third-order valence-electron chi connectivity index (χ3n) is 2.16. The van der Waals surface area contributed by atoms with E-state index in [1.54, 1.807) is 11.8 Å². The van der Waals surface area contributed by atoms with Crippen molar-refractivity contribution in [3.8, 4) is 0 Å². The van der Waals surface area contributed by atoms with Crippen molar-refractivity contribution in [1.29, 1.82) is 0 Å². The minimum absolute atomic E-state index is 0.202. The van der Waals surface area contributed by atoms with Crippen molar-refractivity contribution in [2.45, 2.75) is 18.6 Å². The molecular formula is C8H16O3S2. The number of sulfone groups is 1. The van der Waals surface area contributed by atoms with E-state index in [-0.39, 0.29) is 11.9 Å². The zero-order valence-corrected chi connectivity index (χ0v) is 9.40. The third kappa shape index (κ3) is 3.87. The molecule has 0 amide bonds. The summed E-state index contributed by atoms with van der Waals surface area (Å²) in [6.07, 6.45) is 0.967. The lowest BCUT2D eigenvalue weighted by Crippen LogP contribution is -2.36. The fourth-order valence-electron chi connectivity index (χ4n) is 1.32. The summed E-state index contributed by atoms with van der Waals surface area (Å²) in [4.78, 5) is 0. The molecule has 0 radical (unpaired) electrons. The highest BCUT2D eigenvalue weighted by Gasteiger charge is 2.32. The Bertz CT molecular complexity index is 236. The summed E-state index contributed by atoms with van der Waals surface area (Å²) < 4.78 is 21.6. The third-order valence-corrected chi connectivity index (χ3v) is 5.31. The van der Waals surface area contributed by atoms with E-state index in [0.717, 1.165) is 12.2 Å². The molecule has 1 aliphatic heterocycles. The minimum Gasteiger partial charge on any atom is -0.395 e. The summed E-state index contributed by atoms with van der Waals surface area (Å²) in [6.45, 7) is 2.18. The number of thioether (sulfide) groups is 1. The first-order chi connectivity index (χ1) is 6.03. The molecule has 13 heavy (non-hydrogen) atoms. The molecule has 1 aliphatic rings. The van der Waals surface area contributed by atoms with Gasteiger partial charge in [-0.1, -0.05) is 6.92 Å². The van der Waals surface area contributed by atoms with E-state index in [2.05, 4.69) is 0 Å². The molecule has 5 heteroatoms. The first-order valence-corrected chi connectivity index (χ1v) is 7.33. The molecule has 0 saturated carbocycles. The van der Waals surface area contributed by atoms with Gasteiger partial charge in [0.1, 0.15) is 0 Å². The van der Waals surface area contributed by atoms with Gasteiger partial charge < -0.3 is 5.11 Å². The number of aliphatic hydroxyl groups excluding tert-OH is 1. The van der Waals surface area contributed by atoms with E-state index in [0.29, 0.717) is 17.4 Å². The molecule has 78 valence electrons. The topological polar surface area (TPSA) is 54.4 Å². The van der Waals surface area contributed by atoms with Crippen LogP contribution in [0.15, 0.2) is 0 Å². The summed E-state index contributed by atoms with van der Waals surface area (Å²) in [5, 5.41) is 9.01. The first-order valence-electron chi connectivity index (χ1n) is 4.46. The molecule has 3 nitrogen and oxygen atoms in total. The summed E-state index contributed by atoms with van der Waals surface area (Å²) in [5.74, 6) is 2.09. The zero-order chi connectivity index (χ0) is 9.90. The van der Waals surface area contributed by atoms with Crippen LogP contribution in [-0.4, -0.2) is 42.6 Å². The Hall–Kier alpha value is 0.260. The average molecular weight is 224 g/mol. The van der Waals surface area contributed by atoms with Gasteiger partial charge in [0.15, 0.2) is 9.84 Å². The van der Waals surface area contributed by atoms with Crippen molar-refractivity contribution in [2.24, 2.45) is 5.92 Å². The Morgan fingerprint density at radius 1 is 1.54 bits per heavy atom. The Kier molecular flexibility index (Phi) is 4.06. The normalized spacial score (nSPS) is 23.8. The molecule has 1 heterocycles. The predicted molar refractivity (Wildman–Crippen MR) is 55.8 cm³/mol. The lowest BCUT2D eigenvalue weighted by molar-refractivity contribution is 0.300. The van der Waals surface area contributed by atoms with Gasteiger partial charge in [-0.25, -0.2) is 8.42 Å². The van der Waals surface area contributed by atoms with E-state index < -0.39 is 9.84 Å². The number of hydrogen-bond acceptors (Lipinski definition) is 4. The highest BCUT2D eigenvalue weighted by Crippen LogP contribution is 2.24. The van der Waals surface area contributed by atoms with Crippen molar-refractivity contribution in [1.82, 2.24) is 0 Å². The second kappa shape index (κ2) is 4.66. The van der Waals surface area contributed by atoms with Crippen LogP contribution in [0, 0.1) is 5.92 Å². The molecule has 1 N–H and O–H groups in total. The Balaban J connectivity index is 2.03. The molecule has 1 saturated heterocycles. The standard InChI is InChI=1S/C8H16O3S2/c1-7(4-9)12-3-2-8-5-13(10,11)6-8/h7-9H,2-6H2,1H3. The summed E-state index contributed by atoms with van der Waals surface area (Å²) in [6, 6.07) is 0. The Morgan fingerprint density at radius 3 is 2.62 bits per heavy atom. The fraction of sp³-hybridized carbons (Fsp3) is 1.00. The molecule has 1 unspecified atom stereocenters. The SMILES string of the molecule is CC(CO)SCCC1CS(=O)(=O)C1. The quantitative estimate of drug-likeness (QED) is 0.740. The van der Waals surface area contributed by atoms with Gasteiger partial charge in [-0.15, -0.1) is 0 Å². The molecular weight excluding hydrogens is 208 g/mol. The van der Waals surface area contributed by atoms with Crippen molar-refractivity contribution >= 4 is 21.6 Å². The van der Waals surface area contributed by atoms with Gasteiger partial charge in [-0.3, -0.25) is 0 Å². The van der Waals surface area contributed by atoms with Crippen LogP contribution < -0.4 is 0 Å². The van der Waals surface area contributed by atoms with Gasteiger partial charge in [-0.2, -0.15) is 11.8 Å². The molecule has 1 rings (SSSR count). The van der Waals surface area contributed by atoms with Crippen molar-refractivity contribution < 1.29 is 13.5 Å². The first kappa shape index (κ1) is 11.3. The van der Waals surface area contributed by atoms with E-state index in [1.807, 2.05) is 6.92 Å². The summed E-state index contributed by atoms with van der Waals surface area (Å²) in [7, 11) is -2.65. The van der Waals surface area contributed by atoms with E-state index in [1.165, 1.54) is 0 Å². The van der Waals surface area contributed by atoms with E-state index in [9.17, 15) is 8.42 Å². The molecule has 0 aromatic carbocycles. The van der Waals surface area contributed by atoms with Gasteiger partial charge >= 0.3 is 0 Å². The van der Waals surface area contributed by atoms with Crippen molar-refractivity contribution in [3.63, 3.8) is 0 Å².